The van der Waals surface area contributed by atoms with E-state index in [1.165, 1.54) is 5.56 Å². The van der Waals surface area contributed by atoms with Crippen molar-refractivity contribution in [1.29, 1.82) is 0 Å². The van der Waals surface area contributed by atoms with Crippen LogP contribution in [-0.4, -0.2) is 28.8 Å². The van der Waals surface area contributed by atoms with Crippen LogP contribution in [0.2, 0.25) is 0 Å². The van der Waals surface area contributed by atoms with Gasteiger partial charge in [0.15, 0.2) is 0 Å². The van der Waals surface area contributed by atoms with Gasteiger partial charge in [0.1, 0.15) is 12.1 Å². The van der Waals surface area contributed by atoms with E-state index in [9.17, 15) is 9.59 Å². The Morgan fingerprint density at radius 1 is 1.17 bits per heavy atom. The summed E-state index contributed by atoms with van der Waals surface area (Å²) in [5.41, 5.74) is 2.23. The second-order valence-electron chi connectivity index (χ2n) is 4.86. The minimum atomic E-state index is -0.431. The molecule has 1 fully saturated rings. The second kappa shape index (κ2) is 4.80. The minimum Gasteiger partial charge on any atom is -0.343 e. The molecule has 4 nitrogen and oxygen atoms in total. The van der Waals surface area contributed by atoms with Gasteiger partial charge in [0.2, 0.25) is 11.8 Å². The van der Waals surface area contributed by atoms with Crippen LogP contribution in [0.15, 0.2) is 24.3 Å². The number of nitrogens with zero attached hydrogens (tertiary/aromatic N) is 1. The molecule has 2 unspecified atom stereocenters. The highest BCUT2D eigenvalue weighted by atomic mass is 16.2. The van der Waals surface area contributed by atoms with Crippen LogP contribution in [0.1, 0.15) is 25.0 Å². The highest BCUT2D eigenvalue weighted by Gasteiger charge is 2.35. The van der Waals surface area contributed by atoms with E-state index in [4.69, 9.17) is 0 Å². The van der Waals surface area contributed by atoms with Gasteiger partial charge < -0.3 is 10.2 Å². The molecular formula is C14H18N2O2. The molecule has 1 aliphatic heterocycles. The lowest BCUT2D eigenvalue weighted by molar-refractivity contribution is -0.148. The van der Waals surface area contributed by atoms with Crippen molar-refractivity contribution in [3.05, 3.63) is 35.4 Å². The van der Waals surface area contributed by atoms with Gasteiger partial charge in [-0.15, -0.1) is 0 Å². The molecule has 1 aliphatic rings. The van der Waals surface area contributed by atoms with Crippen molar-refractivity contribution in [3.63, 3.8) is 0 Å². The second-order valence-corrected chi connectivity index (χ2v) is 4.86. The number of amides is 2. The molecule has 1 N–H and O–H groups in total. The number of rotatable bonds is 2. The van der Waals surface area contributed by atoms with Crippen molar-refractivity contribution in [1.82, 2.24) is 10.2 Å². The largest absolute Gasteiger partial charge is 0.343 e. The van der Waals surface area contributed by atoms with Crippen LogP contribution in [0.5, 0.6) is 0 Å². The highest BCUT2D eigenvalue weighted by Crippen LogP contribution is 2.14. The zero-order chi connectivity index (χ0) is 13.3. The summed E-state index contributed by atoms with van der Waals surface area (Å²) in [5.74, 6) is -0.114. The van der Waals surface area contributed by atoms with Crippen LogP contribution in [0.3, 0.4) is 0 Å². The van der Waals surface area contributed by atoms with Crippen LogP contribution >= 0.6 is 0 Å². The van der Waals surface area contributed by atoms with E-state index in [2.05, 4.69) is 5.32 Å². The third-order valence-corrected chi connectivity index (χ3v) is 3.33. The summed E-state index contributed by atoms with van der Waals surface area (Å²) in [5, 5.41) is 2.67. The van der Waals surface area contributed by atoms with Crippen molar-refractivity contribution in [2.45, 2.75) is 39.4 Å². The maximum atomic E-state index is 12.1. The number of carbonyl (C=O) groups excluding carboxylic acids is 2. The summed E-state index contributed by atoms with van der Waals surface area (Å²) < 4.78 is 0. The molecule has 1 saturated heterocycles. The molecule has 1 heterocycles. The van der Waals surface area contributed by atoms with Gasteiger partial charge in [0.25, 0.3) is 0 Å². The van der Waals surface area contributed by atoms with Crippen LogP contribution < -0.4 is 5.32 Å². The number of piperazine rings is 1. The van der Waals surface area contributed by atoms with Crippen molar-refractivity contribution < 1.29 is 9.59 Å². The van der Waals surface area contributed by atoms with Gasteiger partial charge in [-0.1, -0.05) is 29.8 Å². The summed E-state index contributed by atoms with van der Waals surface area (Å²) in [7, 11) is 0. The number of aryl methyl sites for hydroxylation is 1. The molecular weight excluding hydrogens is 228 g/mol. The standard InChI is InChI=1S/C14H18N2O2/c1-9-4-6-12(7-5-9)8-16-11(3)13(17)15-10(2)14(16)18/h4-7,10-11H,8H2,1-3H3,(H,15,17). The van der Waals surface area contributed by atoms with E-state index in [1.807, 2.05) is 31.2 Å². The number of benzene rings is 1. The molecule has 2 rings (SSSR count). The van der Waals surface area contributed by atoms with Crippen molar-refractivity contribution in [2.24, 2.45) is 0 Å². The highest BCUT2D eigenvalue weighted by molar-refractivity contribution is 5.96. The molecule has 1 aromatic rings. The van der Waals surface area contributed by atoms with E-state index in [0.717, 1.165) is 5.56 Å². The summed E-state index contributed by atoms with van der Waals surface area (Å²) in [4.78, 5) is 25.4. The van der Waals surface area contributed by atoms with Gasteiger partial charge in [-0.25, -0.2) is 0 Å². The predicted molar refractivity (Wildman–Crippen MR) is 68.8 cm³/mol. The Hall–Kier alpha value is -1.84. The van der Waals surface area contributed by atoms with Crippen LogP contribution in [0.25, 0.3) is 0 Å². The molecule has 2 atom stereocenters. The Labute approximate surface area is 107 Å². The molecule has 0 saturated carbocycles. The molecule has 2 amide bonds. The lowest BCUT2D eigenvalue weighted by atomic mass is 10.1. The average molecular weight is 246 g/mol. The molecule has 0 spiro atoms. The Balaban J connectivity index is 2.17. The zero-order valence-electron chi connectivity index (χ0n) is 10.9. The predicted octanol–water partition coefficient (Wildman–Crippen LogP) is 1.23. The molecule has 1 aromatic carbocycles. The number of carbonyl (C=O) groups is 2. The smallest absolute Gasteiger partial charge is 0.245 e. The Kier molecular flexibility index (Phi) is 3.36. The SMILES string of the molecule is Cc1ccc(CN2C(=O)C(C)NC(=O)C2C)cc1. The lowest BCUT2D eigenvalue weighted by Gasteiger charge is -2.36. The molecule has 96 valence electrons. The Morgan fingerprint density at radius 2 is 1.78 bits per heavy atom. The normalized spacial score (nSPS) is 24.1. The van der Waals surface area contributed by atoms with E-state index in [0.29, 0.717) is 6.54 Å². The fourth-order valence-electron chi connectivity index (χ4n) is 2.08. The third-order valence-electron chi connectivity index (χ3n) is 3.33. The van der Waals surface area contributed by atoms with Gasteiger partial charge >= 0.3 is 0 Å². The van der Waals surface area contributed by atoms with Crippen molar-refractivity contribution in [3.8, 4) is 0 Å². The minimum absolute atomic E-state index is 0.0253. The first-order valence-corrected chi connectivity index (χ1v) is 6.15. The van der Waals surface area contributed by atoms with Crippen LogP contribution in [-0.2, 0) is 16.1 Å². The first kappa shape index (κ1) is 12.6. The number of hydrogen-bond donors (Lipinski definition) is 1. The van der Waals surface area contributed by atoms with Gasteiger partial charge in [-0.2, -0.15) is 0 Å². The molecule has 18 heavy (non-hydrogen) atoms. The molecule has 0 aliphatic carbocycles. The van der Waals surface area contributed by atoms with Gasteiger partial charge in [0, 0.05) is 6.54 Å². The maximum absolute atomic E-state index is 12.1. The van der Waals surface area contributed by atoms with E-state index in [1.54, 1.807) is 18.7 Å². The molecule has 4 heteroatoms. The number of hydrogen-bond acceptors (Lipinski definition) is 2. The Morgan fingerprint density at radius 3 is 2.39 bits per heavy atom. The van der Waals surface area contributed by atoms with E-state index in [-0.39, 0.29) is 11.8 Å². The van der Waals surface area contributed by atoms with Crippen LogP contribution in [0, 0.1) is 6.92 Å². The Bertz CT molecular complexity index is 467. The van der Waals surface area contributed by atoms with E-state index < -0.39 is 12.1 Å². The van der Waals surface area contributed by atoms with Crippen molar-refractivity contribution in [2.75, 3.05) is 0 Å². The van der Waals surface area contributed by atoms with Crippen LogP contribution in [0.4, 0.5) is 0 Å². The average Bonchev–Trinajstić information content (AvgIpc) is 2.34. The summed E-state index contributed by atoms with van der Waals surface area (Å²) in [6.45, 7) is 5.98. The molecule has 0 radical (unpaired) electrons. The fraction of sp³-hybridized carbons (Fsp3) is 0.429. The van der Waals surface area contributed by atoms with Gasteiger partial charge in [0.05, 0.1) is 0 Å². The first-order valence-electron chi connectivity index (χ1n) is 6.15. The monoisotopic (exact) mass is 246 g/mol. The third kappa shape index (κ3) is 2.37. The summed E-state index contributed by atoms with van der Waals surface area (Å²) in [6, 6.07) is 7.17. The van der Waals surface area contributed by atoms with Crippen molar-refractivity contribution >= 4 is 11.8 Å². The summed E-state index contributed by atoms with van der Waals surface area (Å²) in [6.07, 6.45) is 0. The fourth-order valence-corrected chi connectivity index (χ4v) is 2.08. The topological polar surface area (TPSA) is 49.4 Å². The van der Waals surface area contributed by atoms with E-state index >= 15 is 0 Å². The van der Waals surface area contributed by atoms with Gasteiger partial charge in [-0.3, -0.25) is 9.59 Å². The molecule has 0 bridgehead atoms. The van der Waals surface area contributed by atoms with Gasteiger partial charge in [-0.05, 0) is 26.3 Å². The molecule has 0 aromatic heterocycles. The number of nitrogens with one attached hydrogen (secondary N) is 1. The quantitative estimate of drug-likeness (QED) is 0.853. The summed E-state index contributed by atoms with van der Waals surface area (Å²) >= 11 is 0. The lowest BCUT2D eigenvalue weighted by Crippen LogP contribution is -2.60. The first-order chi connectivity index (χ1) is 8.49. The maximum Gasteiger partial charge on any atom is 0.245 e. The zero-order valence-corrected chi connectivity index (χ0v) is 10.9.